The second-order valence-electron chi connectivity index (χ2n) is 5.33. The maximum Gasteiger partial charge on any atom is 0.117 e. The highest BCUT2D eigenvalue weighted by atomic mass is 16.3. The van der Waals surface area contributed by atoms with Crippen LogP contribution in [0, 0.1) is 0 Å². The molecule has 0 radical (unpaired) electrons. The summed E-state index contributed by atoms with van der Waals surface area (Å²) < 4.78 is 5.46. The molecule has 2 unspecified atom stereocenters. The Bertz CT molecular complexity index is 339. The molecule has 1 N–H and O–H groups in total. The van der Waals surface area contributed by atoms with E-state index in [1.807, 2.05) is 13.1 Å². The van der Waals surface area contributed by atoms with Crippen LogP contribution in [0.15, 0.2) is 22.8 Å². The van der Waals surface area contributed by atoms with Crippen LogP contribution in [-0.2, 0) is 6.54 Å². The van der Waals surface area contributed by atoms with E-state index in [0.29, 0.717) is 12.1 Å². The van der Waals surface area contributed by atoms with Gasteiger partial charge in [-0.3, -0.25) is 9.80 Å². The van der Waals surface area contributed by atoms with Gasteiger partial charge in [0.1, 0.15) is 5.76 Å². The van der Waals surface area contributed by atoms with Gasteiger partial charge in [-0.25, -0.2) is 0 Å². The molecule has 0 bridgehead atoms. The Kier molecular flexibility index (Phi) is 4.80. The molecule has 0 amide bonds. The SMILES string of the molecule is CNCC1CN(Cc2ccco2)CCC(C)N1C. The first-order valence-electron chi connectivity index (χ1n) is 6.82. The minimum Gasteiger partial charge on any atom is -0.468 e. The van der Waals surface area contributed by atoms with E-state index < -0.39 is 0 Å². The summed E-state index contributed by atoms with van der Waals surface area (Å²) in [5.74, 6) is 1.07. The second-order valence-corrected chi connectivity index (χ2v) is 5.33. The molecule has 0 saturated carbocycles. The van der Waals surface area contributed by atoms with Gasteiger partial charge in [0.05, 0.1) is 12.8 Å². The second kappa shape index (κ2) is 6.36. The molecule has 2 atom stereocenters. The van der Waals surface area contributed by atoms with Gasteiger partial charge in [-0.15, -0.1) is 0 Å². The minimum atomic E-state index is 0.572. The van der Waals surface area contributed by atoms with Crippen molar-refractivity contribution < 1.29 is 4.42 Å². The van der Waals surface area contributed by atoms with E-state index in [-0.39, 0.29) is 0 Å². The third kappa shape index (κ3) is 3.34. The van der Waals surface area contributed by atoms with Crippen molar-refractivity contribution in [3.8, 4) is 0 Å². The molecule has 1 fully saturated rings. The molecule has 2 rings (SSSR count). The first-order chi connectivity index (χ1) is 8.70. The average Bonchev–Trinajstić information content (AvgIpc) is 2.82. The van der Waals surface area contributed by atoms with Crippen LogP contribution < -0.4 is 5.32 Å². The highest BCUT2D eigenvalue weighted by Gasteiger charge is 2.26. The van der Waals surface area contributed by atoms with Gasteiger partial charge < -0.3 is 9.73 Å². The molecular weight excluding hydrogens is 226 g/mol. The average molecular weight is 251 g/mol. The smallest absolute Gasteiger partial charge is 0.117 e. The van der Waals surface area contributed by atoms with Crippen LogP contribution in [0.4, 0.5) is 0 Å². The third-order valence-electron chi connectivity index (χ3n) is 4.00. The minimum absolute atomic E-state index is 0.572. The Morgan fingerprint density at radius 1 is 1.50 bits per heavy atom. The monoisotopic (exact) mass is 251 g/mol. The topological polar surface area (TPSA) is 31.6 Å². The number of furan rings is 1. The summed E-state index contributed by atoms with van der Waals surface area (Å²) in [4.78, 5) is 5.00. The lowest BCUT2D eigenvalue weighted by Crippen LogP contribution is -2.46. The molecule has 4 nitrogen and oxygen atoms in total. The fourth-order valence-electron chi connectivity index (χ4n) is 2.66. The Hall–Kier alpha value is -0.840. The first kappa shape index (κ1) is 13.6. The summed E-state index contributed by atoms with van der Waals surface area (Å²) in [7, 11) is 4.27. The van der Waals surface area contributed by atoms with E-state index in [1.54, 1.807) is 6.26 Å². The lowest BCUT2D eigenvalue weighted by molar-refractivity contribution is 0.168. The maximum absolute atomic E-state index is 5.46. The zero-order valence-corrected chi connectivity index (χ0v) is 11.7. The van der Waals surface area contributed by atoms with E-state index in [0.717, 1.165) is 31.9 Å². The van der Waals surface area contributed by atoms with Crippen molar-refractivity contribution in [3.63, 3.8) is 0 Å². The van der Waals surface area contributed by atoms with E-state index in [1.165, 1.54) is 6.42 Å². The standard InChI is InChI=1S/C14H25N3O/c1-12-6-7-17(11-14-5-4-8-18-14)10-13(9-15-2)16(12)3/h4-5,8,12-13,15H,6-7,9-11H2,1-3H3. The molecule has 1 aliphatic heterocycles. The molecular formula is C14H25N3O. The molecule has 0 spiro atoms. The maximum atomic E-state index is 5.46. The molecule has 18 heavy (non-hydrogen) atoms. The molecule has 1 aliphatic rings. The van der Waals surface area contributed by atoms with Crippen LogP contribution in [0.2, 0.25) is 0 Å². The molecule has 0 aromatic carbocycles. The molecule has 2 heterocycles. The molecule has 0 aliphatic carbocycles. The molecule has 1 aromatic heterocycles. The van der Waals surface area contributed by atoms with Crippen molar-refractivity contribution in [1.82, 2.24) is 15.1 Å². The van der Waals surface area contributed by atoms with Crippen molar-refractivity contribution in [2.24, 2.45) is 0 Å². The predicted octanol–water partition coefficient (Wildman–Crippen LogP) is 1.39. The molecule has 4 heteroatoms. The Balaban J connectivity index is 1.99. The highest BCUT2D eigenvalue weighted by Crippen LogP contribution is 2.16. The van der Waals surface area contributed by atoms with Crippen LogP contribution in [0.3, 0.4) is 0 Å². The fraction of sp³-hybridized carbons (Fsp3) is 0.714. The number of nitrogens with zero attached hydrogens (tertiary/aromatic N) is 2. The summed E-state index contributed by atoms with van der Waals surface area (Å²) in [6.45, 7) is 6.52. The number of hydrogen-bond donors (Lipinski definition) is 1. The van der Waals surface area contributed by atoms with Crippen molar-refractivity contribution in [1.29, 1.82) is 0 Å². The summed E-state index contributed by atoms with van der Waals surface area (Å²) in [5.41, 5.74) is 0. The van der Waals surface area contributed by atoms with Gasteiger partial charge >= 0.3 is 0 Å². The number of hydrogen-bond acceptors (Lipinski definition) is 4. The third-order valence-corrected chi connectivity index (χ3v) is 4.00. The van der Waals surface area contributed by atoms with Gasteiger partial charge in [0.2, 0.25) is 0 Å². The van der Waals surface area contributed by atoms with Crippen LogP contribution >= 0.6 is 0 Å². The zero-order valence-electron chi connectivity index (χ0n) is 11.7. The fourth-order valence-corrected chi connectivity index (χ4v) is 2.66. The van der Waals surface area contributed by atoms with Gasteiger partial charge in [-0.2, -0.15) is 0 Å². The van der Waals surface area contributed by atoms with Crippen molar-refractivity contribution in [2.75, 3.05) is 33.7 Å². The molecule has 1 saturated heterocycles. The van der Waals surface area contributed by atoms with E-state index in [4.69, 9.17) is 4.42 Å². The van der Waals surface area contributed by atoms with Crippen LogP contribution in [0.25, 0.3) is 0 Å². The summed E-state index contributed by atoms with van der Waals surface area (Å²) in [6.07, 6.45) is 2.98. The van der Waals surface area contributed by atoms with Crippen molar-refractivity contribution >= 4 is 0 Å². The Morgan fingerprint density at radius 3 is 3.00 bits per heavy atom. The normalized spacial score (nSPS) is 27.3. The largest absolute Gasteiger partial charge is 0.468 e. The van der Waals surface area contributed by atoms with Gasteiger partial charge in [-0.1, -0.05) is 0 Å². The van der Waals surface area contributed by atoms with Crippen LogP contribution in [0.1, 0.15) is 19.1 Å². The lowest BCUT2D eigenvalue weighted by atomic mass is 10.2. The van der Waals surface area contributed by atoms with Gasteiger partial charge in [0, 0.05) is 31.7 Å². The lowest BCUT2D eigenvalue weighted by Gasteiger charge is -2.31. The van der Waals surface area contributed by atoms with Gasteiger partial charge in [0.15, 0.2) is 0 Å². The van der Waals surface area contributed by atoms with E-state index >= 15 is 0 Å². The van der Waals surface area contributed by atoms with Crippen LogP contribution in [0.5, 0.6) is 0 Å². The van der Waals surface area contributed by atoms with Crippen molar-refractivity contribution in [3.05, 3.63) is 24.2 Å². The quantitative estimate of drug-likeness (QED) is 0.876. The number of likely N-dealkylation sites (N-methyl/N-ethyl adjacent to an activating group) is 2. The first-order valence-corrected chi connectivity index (χ1v) is 6.82. The summed E-state index contributed by atoms with van der Waals surface area (Å²) in [5, 5.41) is 3.30. The summed E-state index contributed by atoms with van der Waals surface area (Å²) >= 11 is 0. The zero-order chi connectivity index (χ0) is 13.0. The molecule has 102 valence electrons. The van der Waals surface area contributed by atoms with Gasteiger partial charge in [-0.05, 0) is 39.6 Å². The van der Waals surface area contributed by atoms with Crippen LogP contribution in [-0.4, -0.2) is 55.6 Å². The van der Waals surface area contributed by atoms with Crippen molar-refractivity contribution in [2.45, 2.75) is 32.0 Å². The predicted molar refractivity (Wildman–Crippen MR) is 73.5 cm³/mol. The van der Waals surface area contributed by atoms with Gasteiger partial charge in [0.25, 0.3) is 0 Å². The molecule has 1 aromatic rings. The highest BCUT2D eigenvalue weighted by molar-refractivity contribution is 4.98. The Labute approximate surface area is 110 Å². The Morgan fingerprint density at radius 2 is 2.33 bits per heavy atom. The number of nitrogens with one attached hydrogen (secondary N) is 1. The number of rotatable bonds is 4. The summed E-state index contributed by atoms with van der Waals surface area (Å²) in [6, 6.07) is 5.24. The van der Waals surface area contributed by atoms with E-state index in [9.17, 15) is 0 Å². The van der Waals surface area contributed by atoms with E-state index in [2.05, 4.69) is 35.2 Å².